The predicted octanol–water partition coefficient (Wildman–Crippen LogP) is 4.10. The van der Waals surface area contributed by atoms with Gasteiger partial charge in [0, 0.05) is 24.8 Å². The molecule has 1 fully saturated rings. The van der Waals surface area contributed by atoms with Crippen LogP contribution in [0.25, 0.3) is 22.6 Å². The van der Waals surface area contributed by atoms with Crippen molar-refractivity contribution in [1.29, 1.82) is 0 Å². The summed E-state index contributed by atoms with van der Waals surface area (Å²) in [6.07, 6.45) is 10.4. The van der Waals surface area contributed by atoms with Gasteiger partial charge in [-0.25, -0.2) is 19.9 Å². The first-order valence-electron chi connectivity index (χ1n) is 11.0. The van der Waals surface area contributed by atoms with Gasteiger partial charge in [-0.2, -0.15) is 0 Å². The Morgan fingerprint density at radius 2 is 1.84 bits per heavy atom. The van der Waals surface area contributed by atoms with E-state index in [0.29, 0.717) is 11.9 Å². The van der Waals surface area contributed by atoms with Crippen molar-refractivity contribution in [3.63, 3.8) is 0 Å². The molecule has 3 aromatic rings. The van der Waals surface area contributed by atoms with E-state index in [1.54, 1.807) is 23.6 Å². The van der Waals surface area contributed by atoms with E-state index in [4.69, 9.17) is 4.98 Å². The first-order chi connectivity index (χ1) is 15.2. The van der Waals surface area contributed by atoms with E-state index in [0.717, 1.165) is 47.6 Å². The summed E-state index contributed by atoms with van der Waals surface area (Å²) in [6.45, 7) is 2.07. The first kappa shape index (κ1) is 19.6. The van der Waals surface area contributed by atoms with Crippen molar-refractivity contribution >= 4 is 17.4 Å². The van der Waals surface area contributed by atoms with Gasteiger partial charge >= 0.3 is 0 Å². The van der Waals surface area contributed by atoms with E-state index in [2.05, 4.69) is 26.8 Å². The summed E-state index contributed by atoms with van der Waals surface area (Å²) in [5, 5.41) is 0. The van der Waals surface area contributed by atoms with E-state index in [1.165, 1.54) is 12.8 Å². The van der Waals surface area contributed by atoms with Gasteiger partial charge < -0.3 is 9.80 Å². The molecule has 1 saturated carbocycles. The smallest absolute Gasteiger partial charge is 0.249 e. The molecular formula is C24H26N6O. The van der Waals surface area contributed by atoms with Gasteiger partial charge in [0.15, 0.2) is 11.6 Å². The molecule has 0 radical (unpaired) electrons. The molecule has 1 aliphatic carbocycles. The van der Waals surface area contributed by atoms with Crippen LogP contribution in [-0.2, 0) is 4.79 Å². The minimum Gasteiger partial charge on any atom is -0.340 e. The summed E-state index contributed by atoms with van der Waals surface area (Å²) in [5.74, 6) is 1.54. The molecule has 7 heteroatoms. The molecule has 158 valence electrons. The number of amides is 1. The lowest BCUT2D eigenvalue weighted by Crippen LogP contribution is -2.55. The second-order valence-electron chi connectivity index (χ2n) is 8.22. The maximum Gasteiger partial charge on any atom is 0.249 e. The van der Waals surface area contributed by atoms with Crippen LogP contribution < -0.4 is 9.80 Å². The van der Waals surface area contributed by atoms with Crippen LogP contribution in [0.2, 0.25) is 0 Å². The summed E-state index contributed by atoms with van der Waals surface area (Å²) in [5.41, 5.74) is 3.35. The average molecular weight is 415 g/mol. The van der Waals surface area contributed by atoms with Crippen LogP contribution in [0.5, 0.6) is 0 Å². The van der Waals surface area contributed by atoms with Gasteiger partial charge in [-0.05, 0) is 19.3 Å². The Balaban J connectivity index is 1.66. The van der Waals surface area contributed by atoms with E-state index >= 15 is 0 Å². The predicted molar refractivity (Wildman–Crippen MR) is 121 cm³/mol. The second kappa shape index (κ2) is 8.06. The molecule has 1 aliphatic heterocycles. The number of anilines is 2. The van der Waals surface area contributed by atoms with Crippen LogP contribution in [0, 0.1) is 0 Å². The molecule has 3 heterocycles. The zero-order valence-corrected chi connectivity index (χ0v) is 17.9. The monoisotopic (exact) mass is 414 g/mol. The molecule has 2 aliphatic rings. The van der Waals surface area contributed by atoms with Crippen molar-refractivity contribution in [2.75, 3.05) is 16.8 Å². The molecule has 5 rings (SSSR count). The van der Waals surface area contributed by atoms with Crippen molar-refractivity contribution < 1.29 is 4.79 Å². The highest BCUT2D eigenvalue weighted by atomic mass is 16.2. The number of hydrogen-bond donors (Lipinski definition) is 0. The van der Waals surface area contributed by atoms with Crippen molar-refractivity contribution in [3.8, 4) is 22.6 Å². The number of fused-ring (bicyclic) bond motifs is 1. The maximum absolute atomic E-state index is 13.1. The molecule has 0 saturated heterocycles. The Morgan fingerprint density at radius 3 is 2.58 bits per heavy atom. The molecule has 2 aromatic heterocycles. The first-order valence-corrected chi connectivity index (χ1v) is 11.0. The van der Waals surface area contributed by atoms with Gasteiger partial charge in [-0.3, -0.25) is 4.79 Å². The van der Waals surface area contributed by atoms with Crippen LogP contribution in [-0.4, -0.2) is 45.0 Å². The minimum atomic E-state index is -0.191. The van der Waals surface area contributed by atoms with Gasteiger partial charge in [0.2, 0.25) is 5.91 Å². The number of hydrogen-bond acceptors (Lipinski definition) is 6. The Kier molecular flexibility index (Phi) is 5.10. The van der Waals surface area contributed by atoms with E-state index < -0.39 is 0 Å². The molecule has 31 heavy (non-hydrogen) atoms. The highest BCUT2D eigenvalue weighted by molar-refractivity contribution is 6.04. The average Bonchev–Trinajstić information content (AvgIpc) is 3.36. The van der Waals surface area contributed by atoms with Gasteiger partial charge in [-0.1, -0.05) is 50.1 Å². The Bertz CT molecular complexity index is 1100. The van der Waals surface area contributed by atoms with Crippen molar-refractivity contribution in [3.05, 3.63) is 49.1 Å². The van der Waals surface area contributed by atoms with Crippen molar-refractivity contribution in [2.24, 2.45) is 0 Å². The van der Waals surface area contributed by atoms with Crippen LogP contribution >= 0.6 is 0 Å². The number of carbonyl (C=O) groups excluding carboxylic acids is 1. The quantitative estimate of drug-likeness (QED) is 0.640. The number of benzene rings is 1. The number of aromatic nitrogens is 4. The van der Waals surface area contributed by atoms with E-state index in [1.807, 2.05) is 37.4 Å². The summed E-state index contributed by atoms with van der Waals surface area (Å²) < 4.78 is 0. The highest BCUT2D eigenvalue weighted by Gasteiger charge is 2.41. The van der Waals surface area contributed by atoms with Crippen LogP contribution in [0.3, 0.4) is 0 Å². The standard InChI is InChI=1S/C24H26N6O/c1-3-19-24(31)29(2)20-14-26-22(28-23(20)30(19)17-11-7-8-12-17)18-13-25-15-27-21(18)16-9-5-4-6-10-16/h4-6,9-10,13-15,17,19H,3,7-8,11-12H2,1-2H3/t19-/m1/s1. The summed E-state index contributed by atoms with van der Waals surface area (Å²) in [7, 11) is 1.82. The molecule has 1 amide bonds. The molecule has 1 atom stereocenters. The lowest BCUT2D eigenvalue weighted by atomic mass is 10.0. The van der Waals surface area contributed by atoms with Crippen molar-refractivity contribution in [1.82, 2.24) is 19.9 Å². The minimum absolute atomic E-state index is 0.117. The number of nitrogens with zero attached hydrogens (tertiary/aromatic N) is 6. The Morgan fingerprint density at radius 1 is 1.06 bits per heavy atom. The molecule has 0 spiro atoms. The SMILES string of the molecule is CC[C@@H]1C(=O)N(C)c2cnc(-c3cncnc3-c3ccccc3)nc2N1C1CCCC1. The Labute approximate surface area is 182 Å². The molecule has 1 aromatic carbocycles. The molecule has 0 N–H and O–H groups in total. The van der Waals surface area contributed by atoms with Gasteiger partial charge in [0.1, 0.15) is 18.1 Å². The van der Waals surface area contributed by atoms with Gasteiger partial charge in [0.25, 0.3) is 0 Å². The van der Waals surface area contributed by atoms with Crippen LogP contribution in [0.1, 0.15) is 39.0 Å². The third-order valence-corrected chi connectivity index (χ3v) is 6.41. The molecule has 0 bridgehead atoms. The van der Waals surface area contributed by atoms with Crippen molar-refractivity contribution in [2.45, 2.75) is 51.1 Å². The lowest BCUT2D eigenvalue weighted by molar-refractivity contribution is -0.120. The zero-order valence-electron chi connectivity index (χ0n) is 17.9. The number of likely N-dealkylation sites (N-methyl/N-ethyl adjacent to an activating group) is 1. The number of rotatable bonds is 4. The maximum atomic E-state index is 13.1. The second-order valence-corrected chi connectivity index (χ2v) is 8.22. The topological polar surface area (TPSA) is 75.1 Å². The number of carbonyl (C=O) groups is 1. The summed E-state index contributed by atoms with van der Waals surface area (Å²) in [4.78, 5) is 35.5. The fourth-order valence-corrected chi connectivity index (χ4v) is 4.83. The summed E-state index contributed by atoms with van der Waals surface area (Å²) in [6, 6.07) is 10.2. The normalized spacial score (nSPS) is 19.0. The zero-order chi connectivity index (χ0) is 21.4. The highest BCUT2D eigenvalue weighted by Crippen LogP contribution is 2.40. The largest absolute Gasteiger partial charge is 0.340 e. The molecular weight excluding hydrogens is 388 g/mol. The van der Waals surface area contributed by atoms with E-state index in [9.17, 15) is 4.79 Å². The fourth-order valence-electron chi connectivity index (χ4n) is 4.83. The third-order valence-electron chi connectivity index (χ3n) is 6.41. The van der Waals surface area contributed by atoms with Crippen LogP contribution in [0.15, 0.2) is 49.1 Å². The molecule has 0 unspecified atom stereocenters. The lowest BCUT2D eigenvalue weighted by Gasteiger charge is -2.43. The Hall–Kier alpha value is -3.35. The summed E-state index contributed by atoms with van der Waals surface area (Å²) >= 11 is 0. The molecule has 7 nitrogen and oxygen atoms in total. The fraction of sp³-hybridized carbons (Fsp3) is 0.375. The third kappa shape index (κ3) is 3.34. The van der Waals surface area contributed by atoms with Crippen LogP contribution in [0.4, 0.5) is 11.5 Å². The van der Waals surface area contributed by atoms with Gasteiger partial charge in [0.05, 0.1) is 17.5 Å². The van der Waals surface area contributed by atoms with Gasteiger partial charge in [-0.15, -0.1) is 0 Å². The van der Waals surface area contributed by atoms with E-state index in [-0.39, 0.29) is 11.9 Å².